The van der Waals surface area contributed by atoms with Crippen LogP contribution in [0.3, 0.4) is 0 Å². The standard InChI is InChI=1S/C14H19ClN2O3/c1-14(2,13(18)16-3)7-17-6-9-4-10(15)12-11(5-9)19-8-20-12/h4-5,17H,6-8H2,1-3H3,(H,16,18). The van der Waals surface area contributed by atoms with Gasteiger partial charge in [0.25, 0.3) is 0 Å². The van der Waals surface area contributed by atoms with Crippen LogP contribution in [0.2, 0.25) is 5.02 Å². The molecule has 1 amide bonds. The summed E-state index contributed by atoms with van der Waals surface area (Å²) in [7, 11) is 1.64. The highest BCUT2D eigenvalue weighted by atomic mass is 35.5. The van der Waals surface area contributed by atoms with Gasteiger partial charge in [-0.15, -0.1) is 0 Å². The summed E-state index contributed by atoms with van der Waals surface area (Å²) >= 11 is 6.12. The van der Waals surface area contributed by atoms with Crippen molar-refractivity contribution in [3.8, 4) is 11.5 Å². The quantitative estimate of drug-likeness (QED) is 0.872. The predicted octanol–water partition coefficient (Wildman–Crippen LogP) is 1.93. The highest BCUT2D eigenvalue weighted by molar-refractivity contribution is 6.32. The minimum absolute atomic E-state index is 0.00807. The fourth-order valence-corrected chi connectivity index (χ4v) is 2.35. The molecule has 1 heterocycles. The van der Waals surface area contributed by atoms with E-state index in [4.69, 9.17) is 21.1 Å². The Balaban J connectivity index is 1.95. The van der Waals surface area contributed by atoms with Crippen molar-refractivity contribution in [3.05, 3.63) is 22.7 Å². The molecule has 0 atom stereocenters. The van der Waals surface area contributed by atoms with Gasteiger partial charge in [-0.1, -0.05) is 11.6 Å². The number of halogens is 1. The average Bonchev–Trinajstić information content (AvgIpc) is 2.86. The van der Waals surface area contributed by atoms with Gasteiger partial charge in [-0.05, 0) is 31.5 Å². The Hall–Kier alpha value is -1.46. The van der Waals surface area contributed by atoms with Crippen LogP contribution in [0, 0.1) is 5.41 Å². The average molecular weight is 299 g/mol. The molecule has 2 rings (SSSR count). The monoisotopic (exact) mass is 298 g/mol. The molecule has 1 aliphatic rings. The summed E-state index contributed by atoms with van der Waals surface area (Å²) in [6, 6.07) is 3.74. The molecule has 1 aromatic rings. The van der Waals surface area contributed by atoms with E-state index in [2.05, 4.69) is 10.6 Å². The number of carbonyl (C=O) groups is 1. The maximum Gasteiger partial charge on any atom is 0.231 e. The Labute approximate surface area is 123 Å². The van der Waals surface area contributed by atoms with E-state index in [9.17, 15) is 4.79 Å². The molecule has 0 radical (unpaired) electrons. The minimum Gasteiger partial charge on any atom is -0.454 e. The lowest BCUT2D eigenvalue weighted by molar-refractivity contribution is -0.128. The molecule has 0 saturated heterocycles. The van der Waals surface area contributed by atoms with Crippen LogP contribution < -0.4 is 20.1 Å². The summed E-state index contributed by atoms with van der Waals surface area (Å²) in [5.41, 5.74) is 0.529. The highest BCUT2D eigenvalue weighted by Gasteiger charge is 2.26. The van der Waals surface area contributed by atoms with Crippen LogP contribution >= 0.6 is 11.6 Å². The Kier molecular flexibility index (Phi) is 4.40. The largest absolute Gasteiger partial charge is 0.454 e. The van der Waals surface area contributed by atoms with Crippen LogP contribution in [-0.2, 0) is 11.3 Å². The van der Waals surface area contributed by atoms with Gasteiger partial charge in [-0.25, -0.2) is 0 Å². The third-order valence-electron chi connectivity index (χ3n) is 3.22. The number of fused-ring (bicyclic) bond motifs is 1. The van der Waals surface area contributed by atoms with Crippen LogP contribution in [0.4, 0.5) is 0 Å². The zero-order chi connectivity index (χ0) is 14.8. The number of benzene rings is 1. The number of nitrogens with one attached hydrogen (secondary N) is 2. The highest BCUT2D eigenvalue weighted by Crippen LogP contribution is 2.39. The maximum absolute atomic E-state index is 11.7. The summed E-state index contributed by atoms with van der Waals surface area (Å²) in [5, 5.41) is 6.46. The number of rotatable bonds is 5. The Morgan fingerprint density at radius 2 is 2.15 bits per heavy atom. The number of hydrogen-bond acceptors (Lipinski definition) is 4. The van der Waals surface area contributed by atoms with Crippen molar-refractivity contribution < 1.29 is 14.3 Å². The first kappa shape index (κ1) is 14.9. The molecule has 5 nitrogen and oxygen atoms in total. The Morgan fingerprint density at radius 1 is 1.40 bits per heavy atom. The number of amides is 1. The zero-order valence-electron chi connectivity index (χ0n) is 11.9. The second-order valence-corrected chi connectivity index (χ2v) is 5.79. The zero-order valence-corrected chi connectivity index (χ0v) is 12.6. The van der Waals surface area contributed by atoms with E-state index in [1.807, 2.05) is 26.0 Å². The third kappa shape index (κ3) is 3.16. The van der Waals surface area contributed by atoms with Gasteiger partial charge < -0.3 is 20.1 Å². The van der Waals surface area contributed by atoms with E-state index in [0.29, 0.717) is 29.6 Å². The van der Waals surface area contributed by atoms with E-state index in [1.54, 1.807) is 7.05 Å². The van der Waals surface area contributed by atoms with Crippen molar-refractivity contribution in [1.82, 2.24) is 10.6 Å². The van der Waals surface area contributed by atoms with E-state index < -0.39 is 5.41 Å². The molecule has 1 aromatic carbocycles. The molecule has 1 aliphatic heterocycles. The van der Waals surface area contributed by atoms with Crippen molar-refractivity contribution in [2.75, 3.05) is 20.4 Å². The molecule has 0 fully saturated rings. The first-order chi connectivity index (χ1) is 9.44. The molecule has 2 N–H and O–H groups in total. The van der Waals surface area contributed by atoms with Gasteiger partial charge in [-0.3, -0.25) is 4.79 Å². The van der Waals surface area contributed by atoms with E-state index in [1.165, 1.54) is 0 Å². The SMILES string of the molecule is CNC(=O)C(C)(C)CNCc1cc(Cl)c2c(c1)OCO2. The van der Waals surface area contributed by atoms with Gasteiger partial charge in [0.1, 0.15) is 0 Å². The van der Waals surface area contributed by atoms with E-state index in [0.717, 1.165) is 5.56 Å². The molecular formula is C14H19ClN2O3. The van der Waals surface area contributed by atoms with Gasteiger partial charge in [0.2, 0.25) is 12.7 Å². The van der Waals surface area contributed by atoms with Crippen LogP contribution in [0.15, 0.2) is 12.1 Å². The minimum atomic E-state index is -0.463. The molecule has 0 aliphatic carbocycles. The van der Waals surface area contributed by atoms with Gasteiger partial charge in [0, 0.05) is 20.1 Å². The van der Waals surface area contributed by atoms with Gasteiger partial charge >= 0.3 is 0 Å². The molecule has 20 heavy (non-hydrogen) atoms. The van der Waals surface area contributed by atoms with Gasteiger partial charge in [-0.2, -0.15) is 0 Å². The first-order valence-electron chi connectivity index (χ1n) is 6.45. The molecule has 0 aromatic heterocycles. The molecule has 0 spiro atoms. The summed E-state index contributed by atoms with van der Waals surface area (Å²) in [4.78, 5) is 11.7. The maximum atomic E-state index is 11.7. The van der Waals surface area contributed by atoms with Crippen molar-refractivity contribution in [2.45, 2.75) is 20.4 Å². The molecule has 0 bridgehead atoms. The van der Waals surface area contributed by atoms with Crippen LogP contribution in [0.1, 0.15) is 19.4 Å². The van der Waals surface area contributed by atoms with Gasteiger partial charge in [0.15, 0.2) is 11.5 Å². The van der Waals surface area contributed by atoms with Gasteiger partial charge in [0.05, 0.1) is 10.4 Å². The fraction of sp³-hybridized carbons (Fsp3) is 0.500. The van der Waals surface area contributed by atoms with Crippen LogP contribution in [-0.4, -0.2) is 26.3 Å². The lowest BCUT2D eigenvalue weighted by Crippen LogP contribution is -2.41. The van der Waals surface area contributed by atoms with Crippen LogP contribution in [0.5, 0.6) is 11.5 Å². The Bertz CT molecular complexity index is 517. The molecule has 110 valence electrons. The van der Waals surface area contributed by atoms with Crippen molar-refractivity contribution in [1.29, 1.82) is 0 Å². The number of hydrogen-bond donors (Lipinski definition) is 2. The molecule has 0 unspecified atom stereocenters. The summed E-state index contributed by atoms with van der Waals surface area (Å²) < 4.78 is 10.6. The van der Waals surface area contributed by atoms with Crippen molar-refractivity contribution in [3.63, 3.8) is 0 Å². The lowest BCUT2D eigenvalue weighted by atomic mass is 9.92. The van der Waals surface area contributed by atoms with E-state index in [-0.39, 0.29) is 12.7 Å². The second-order valence-electron chi connectivity index (χ2n) is 5.38. The molecule has 0 saturated carbocycles. The summed E-state index contributed by atoms with van der Waals surface area (Å²) in [6.45, 7) is 5.17. The predicted molar refractivity (Wildman–Crippen MR) is 77.1 cm³/mol. The van der Waals surface area contributed by atoms with Crippen LogP contribution in [0.25, 0.3) is 0 Å². The Morgan fingerprint density at radius 3 is 2.85 bits per heavy atom. The smallest absolute Gasteiger partial charge is 0.231 e. The number of carbonyl (C=O) groups excluding carboxylic acids is 1. The normalized spacial score (nSPS) is 13.4. The first-order valence-corrected chi connectivity index (χ1v) is 6.83. The lowest BCUT2D eigenvalue weighted by Gasteiger charge is -2.23. The fourth-order valence-electron chi connectivity index (χ4n) is 2.06. The van der Waals surface area contributed by atoms with E-state index >= 15 is 0 Å². The summed E-state index contributed by atoms with van der Waals surface area (Å²) in [5.74, 6) is 1.27. The molecule has 6 heteroatoms. The number of ether oxygens (including phenoxy) is 2. The summed E-state index contributed by atoms with van der Waals surface area (Å²) in [6.07, 6.45) is 0. The van der Waals surface area contributed by atoms with Crippen molar-refractivity contribution in [2.24, 2.45) is 5.41 Å². The second kappa shape index (κ2) is 5.89. The third-order valence-corrected chi connectivity index (χ3v) is 3.51. The molecular weight excluding hydrogens is 280 g/mol. The topological polar surface area (TPSA) is 59.6 Å². The van der Waals surface area contributed by atoms with Crippen molar-refractivity contribution >= 4 is 17.5 Å².